The highest BCUT2D eigenvalue weighted by atomic mass is 35.5. The Bertz CT molecular complexity index is 886. The molecule has 1 fully saturated rings. The molecule has 2 aromatic rings. The molecule has 1 aliphatic rings. The van der Waals surface area contributed by atoms with Gasteiger partial charge in [0.2, 0.25) is 0 Å². The van der Waals surface area contributed by atoms with Crippen molar-refractivity contribution in [2.24, 2.45) is 0 Å². The highest BCUT2D eigenvalue weighted by Crippen LogP contribution is 2.42. The van der Waals surface area contributed by atoms with E-state index in [2.05, 4.69) is 5.32 Å². The molecule has 2 N–H and O–H groups in total. The van der Waals surface area contributed by atoms with Crippen molar-refractivity contribution < 1.29 is 18.7 Å². The van der Waals surface area contributed by atoms with Crippen LogP contribution in [-0.2, 0) is 0 Å². The summed E-state index contributed by atoms with van der Waals surface area (Å²) in [6, 6.07) is 7.50. The second-order valence-electron chi connectivity index (χ2n) is 6.95. The number of hydrogen-bond donors (Lipinski definition) is 2. The summed E-state index contributed by atoms with van der Waals surface area (Å²) in [6.45, 7) is 0. The van der Waals surface area contributed by atoms with Gasteiger partial charge in [0.1, 0.15) is 12.0 Å². The van der Waals surface area contributed by atoms with Crippen LogP contribution in [0.3, 0.4) is 0 Å². The first-order valence-electron chi connectivity index (χ1n) is 8.77. The van der Waals surface area contributed by atoms with E-state index in [1.807, 2.05) is 0 Å². The van der Waals surface area contributed by atoms with Crippen LogP contribution >= 0.6 is 34.8 Å². The fourth-order valence-corrected chi connectivity index (χ4v) is 4.11. The third kappa shape index (κ3) is 4.43. The molecule has 0 bridgehead atoms. The van der Waals surface area contributed by atoms with Crippen molar-refractivity contribution in [3.8, 4) is 0 Å². The van der Waals surface area contributed by atoms with Crippen LogP contribution in [0.2, 0.25) is 15.1 Å². The van der Waals surface area contributed by atoms with Crippen molar-refractivity contribution >= 4 is 40.7 Å². The Hall–Kier alpha value is -1.40. The first-order valence-corrected chi connectivity index (χ1v) is 9.91. The first kappa shape index (κ1) is 21.3. The number of amides is 1. The van der Waals surface area contributed by atoms with Crippen LogP contribution in [0.25, 0.3) is 0 Å². The number of benzene rings is 2. The number of carbonyl (C=O) groups excluding carboxylic acids is 1. The van der Waals surface area contributed by atoms with Gasteiger partial charge in [-0.3, -0.25) is 4.79 Å². The molecule has 1 saturated carbocycles. The summed E-state index contributed by atoms with van der Waals surface area (Å²) in [4.78, 5) is 12.9. The number of hydrogen-bond acceptors (Lipinski definition) is 2. The third-order valence-corrected chi connectivity index (χ3v) is 6.02. The summed E-state index contributed by atoms with van der Waals surface area (Å²) in [7, 11) is 0. The second kappa shape index (κ2) is 8.54. The molecular weight excluding hydrogens is 431 g/mol. The molecule has 3 nitrogen and oxygen atoms in total. The van der Waals surface area contributed by atoms with Gasteiger partial charge in [-0.2, -0.15) is 0 Å². The molecule has 1 amide bonds. The minimum absolute atomic E-state index is 0.0925. The SMILES string of the molecule is O=C(NC(c1cccc(F)c1Cl)[C@]1(O)CC[C@@H](F)CC1)c1cc(Cl)ccc1Cl. The molecule has 0 aromatic heterocycles. The predicted molar refractivity (Wildman–Crippen MR) is 106 cm³/mol. The molecule has 2 aromatic carbocycles. The van der Waals surface area contributed by atoms with Crippen molar-refractivity contribution in [2.45, 2.75) is 43.5 Å². The molecule has 0 heterocycles. The number of nitrogens with one attached hydrogen (secondary N) is 1. The van der Waals surface area contributed by atoms with Crippen molar-refractivity contribution in [3.63, 3.8) is 0 Å². The van der Waals surface area contributed by atoms with Gasteiger partial charge in [-0.15, -0.1) is 0 Å². The van der Waals surface area contributed by atoms with Gasteiger partial charge in [0.15, 0.2) is 0 Å². The smallest absolute Gasteiger partial charge is 0.253 e. The molecule has 0 radical (unpaired) electrons. The van der Waals surface area contributed by atoms with Crippen molar-refractivity contribution in [2.75, 3.05) is 0 Å². The molecule has 3 rings (SSSR count). The van der Waals surface area contributed by atoms with E-state index >= 15 is 0 Å². The Kier molecular flexibility index (Phi) is 6.50. The summed E-state index contributed by atoms with van der Waals surface area (Å²) in [6.07, 6.45) is -0.576. The molecule has 150 valence electrons. The summed E-state index contributed by atoms with van der Waals surface area (Å²) >= 11 is 18.2. The van der Waals surface area contributed by atoms with Crippen molar-refractivity contribution in [1.82, 2.24) is 5.32 Å². The third-order valence-electron chi connectivity index (χ3n) is 5.06. The first-order chi connectivity index (χ1) is 13.2. The van der Waals surface area contributed by atoms with Crippen LogP contribution in [0, 0.1) is 5.82 Å². The van der Waals surface area contributed by atoms with E-state index in [1.165, 1.54) is 36.4 Å². The average molecular weight is 449 g/mol. The van der Waals surface area contributed by atoms with E-state index in [0.29, 0.717) is 5.02 Å². The lowest BCUT2D eigenvalue weighted by atomic mass is 9.76. The van der Waals surface area contributed by atoms with Crippen molar-refractivity contribution in [1.29, 1.82) is 0 Å². The van der Waals surface area contributed by atoms with Crippen LogP contribution in [0.15, 0.2) is 36.4 Å². The van der Waals surface area contributed by atoms with Gasteiger partial charge in [-0.25, -0.2) is 8.78 Å². The number of rotatable bonds is 4. The van der Waals surface area contributed by atoms with Crippen molar-refractivity contribution in [3.05, 3.63) is 68.4 Å². The summed E-state index contributed by atoms with van der Waals surface area (Å²) in [5.74, 6) is -1.28. The summed E-state index contributed by atoms with van der Waals surface area (Å²) < 4.78 is 27.7. The molecular formula is C20H18Cl3F2NO2. The molecule has 0 aliphatic heterocycles. The van der Waals surface area contributed by atoms with Gasteiger partial charge in [0.25, 0.3) is 5.91 Å². The van der Waals surface area contributed by atoms with Crippen LogP contribution < -0.4 is 5.32 Å². The Morgan fingerprint density at radius 3 is 2.54 bits per heavy atom. The zero-order valence-corrected chi connectivity index (χ0v) is 17.0. The van der Waals surface area contributed by atoms with Crippen LogP contribution in [0.4, 0.5) is 8.78 Å². The zero-order valence-electron chi connectivity index (χ0n) is 14.7. The molecule has 28 heavy (non-hydrogen) atoms. The topological polar surface area (TPSA) is 49.3 Å². The van der Waals surface area contributed by atoms with E-state index in [0.717, 1.165) is 0 Å². The standard InChI is InChI=1S/C20H18Cl3F2NO2/c21-11-4-5-15(22)14(10-11)19(27)26-18(13-2-1-3-16(25)17(13)23)20(28)8-6-12(24)7-9-20/h1-5,10,12,18,28H,6-9H2,(H,26,27)/t12-,18?,20+. The highest BCUT2D eigenvalue weighted by molar-refractivity contribution is 6.35. The Labute approximate surface area is 176 Å². The molecule has 1 aliphatic carbocycles. The summed E-state index contributed by atoms with van der Waals surface area (Å²) in [5.41, 5.74) is -1.16. The Morgan fingerprint density at radius 2 is 1.86 bits per heavy atom. The maximum absolute atomic E-state index is 14.0. The Balaban J connectivity index is 2.00. The number of halogens is 5. The van der Waals surface area contributed by atoms with Gasteiger partial charge in [-0.05, 0) is 55.5 Å². The van der Waals surface area contributed by atoms with Crippen LogP contribution in [-0.4, -0.2) is 22.8 Å². The fourth-order valence-electron chi connectivity index (χ4n) is 3.50. The molecule has 0 spiro atoms. The number of alkyl halides is 1. The van der Waals surface area contributed by atoms with Gasteiger partial charge >= 0.3 is 0 Å². The predicted octanol–water partition coefficient (Wildman–Crippen LogP) is 5.90. The van der Waals surface area contributed by atoms with Gasteiger partial charge in [0.05, 0.1) is 27.3 Å². The monoisotopic (exact) mass is 447 g/mol. The van der Waals surface area contributed by atoms with E-state index in [4.69, 9.17) is 34.8 Å². The van der Waals surface area contributed by atoms with Gasteiger partial charge < -0.3 is 10.4 Å². The fraction of sp³-hybridized carbons (Fsp3) is 0.350. The maximum Gasteiger partial charge on any atom is 0.253 e. The zero-order chi connectivity index (χ0) is 20.5. The molecule has 8 heteroatoms. The van der Waals surface area contributed by atoms with E-state index < -0.39 is 29.5 Å². The highest BCUT2D eigenvalue weighted by Gasteiger charge is 2.43. The second-order valence-corrected chi connectivity index (χ2v) is 8.17. The van der Waals surface area contributed by atoms with Gasteiger partial charge in [0, 0.05) is 5.02 Å². The van der Waals surface area contributed by atoms with E-state index in [-0.39, 0.29) is 46.9 Å². The lowest BCUT2D eigenvalue weighted by molar-refractivity contribution is -0.0445. The summed E-state index contributed by atoms with van der Waals surface area (Å²) in [5, 5.41) is 14.2. The molecule has 1 atom stereocenters. The minimum atomic E-state index is -1.49. The quantitative estimate of drug-likeness (QED) is 0.612. The average Bonchev–Trinajstić information content (AvgIpc) is 2.66. The minimum Gasteiger partial charge on any atom is -0.387 e. The van der Waals surface area contributed by atoms with E-state index in [9.17, 15) is 18.7 Å². The van der Waals surface area contributed by atoms with E-state index in [1.54, 1.807) is 0 Å². The lowest BCUT2D eigenvalue weighted by Crippen LogP contribution is -2.48. The maximum atomic E-state index is 14.0. The number of carbonyl (C=O) groups is 1. The van der Waals surface area contributed by atoms with Crippen LogP contribution in [0.1, 0.15) is 47.6 Å². The largest absolute Gasteiger partial charge is 0.387 e. The van der Waals surface area contributed by atoms with Gasteiger partial charge in [-0.1, -0.05) is 46.9 Å². The Morgan fingerprint density at radius 1 is 1.18 bits per heavy atom. The van der Waals surface area contributed by atoms with Crippen LogP contribution in [0.5, 0.6) is 0 Å². The molecule has 0 saturated heterocycles. The number of aliphatic hydroxyl groups is 1. The normalized spacial score (nSPS) is 23.3. The lowest BCUT2D eigenvalue weighted by Gasteiger charge is -2.41. The molecule has 1 unspecified atom stereocenters.